The fourth-order valence-electron chi connectivity index (χ4n) is 2.81. The van der Waals surface area contributed by atoms with Crippen molar-refractivity contribution in [2.45, 2.75) is 26.4 Å². The number of hydrogen-bond donors (Lipinski definition) is 1. The number of halogens is 1. The first-order chi connectivity index (χ1) is 8.50. The molecule has 18 heavy (non-hydrogen) atoms. The largest absolute Gasteiger partial charge is 0.388 e. The van der Waals surface area contributed by atoms with Gasteiger partial charge in [-0.15, -0.1) is 0 Å². The molecule has 1 fully saturated rings. The maximum absolute atomic E-state index is 10.6. The zero-order valence-corrected chi connectivity index (χ0v) is 12.2. The molecule has 1 aliphatic carbocycles. The van der Waals surface area contributed by atoms with E-state index in [1.165, 1.54) is 5.39 Å². The Morgan fingerprint density at radius 1 is 1.17 bits per heavy atom. The summed E-state index contributed by atoms with van der Waals surface area (Å²) in [7, 11) is 0. The molecule has 1 saturated carbocycles. The Hall–Kier alpha value is -0.860. The van der Waals surface area contributed by atoms with Crippen molar-refractivity contribution in [2.24, 2.45) is 11.3 Å². The van der Waals surface area contributed by atoms with Gasteiger partial charge in [-0.25, -0.2) is 0 Å². The molecule has 2 unspecified atom stereocenters. The van der Waals surface area contributed by atoms with Crippen LogP contribution in [-0.2, 0) is 0 Å². The van der Waals surface area contributed by atoms with E-state index in [2.05, 4.69) is 41.9 Å². The van der Waals surface area contributed by atoms with E-state index in [4.69, 9.17) is 0 Å². The Balaban J connectivity index is 2.10. The highest BCUT2D eigenvalue weighted by Gasteiger charge is 2.50. The molecule has 0 heterocycles. The van der Waals surface area contributed by atoms with Crippen LogP contribution in [0.5, 0.6) is 0 Å². The van der Waals surface area contributed by atoms with Crippen LogP contribution in [0, 0.1) is 11.3 Å². The Morgan fingerprint density at radius 3 is 2.39 bits per heavy atom. The van der Waals surface area contributed by atoms with Crippen LogP contribution in [0.1, 0.15) is 31.9 Å². The lowest BCUT2D eigenvalue weighted by molar-refractivity contribution is 0.140. The van der Waals surface area contributed by atoms with Crippen LogP contribution in [0.25, 0.3) is 10.8 Å². The molecule has 3 rings (SSSR count). The summed E-state index contributed by atoms with van der Waals surface area (Å²) < 4.78 is 1.09. The van der Waals surface area contributed by atoms with Crippen molar-refractivity contribution >= 4 is 26.7 Å². The number of aliphatic hydroxyl groups excluding tert-OH is 1. The van der Waals surface area contributed by atoms with Crippen molar-refractivity contribution in [1.29, 1.82) is 0 Å². The van der Waals surface area contributed by atoms with Gasteiger partial charge in [-0.05, 0) is 40.2 Å². The van der Waals surface area contributed by atoms with Crippen LogP contribution >= 0.6 is 15.9 Å². The quantitative estimate of drug-likeness (QED) is 0.854. The van der Waals surface area contributed by atoms with Gasteiger partial charge in [-0.2, -0.15) is 0 Å². The summed E-state index contributed by atoms with van der Waals surface area (Å²) in [6, 6.07) is 12.3. The summed E-state index contributed by atoms with van der Waals surface area (Å²) in [5.41, 5.74) is 1.34. The van der Waals surface area contributed by atoms with Gasteiger partial charge in [0.15, 0.2) is 0 Å². The molecule has 1 nitrogen and oxygen atoms in total. The molecule has 0 aromatic heterocycles. The Kier molecular flexibility index (Phi) is 2.76. The standard InChI is InChI=1S/C16H17BrO/c1-16(2)9-13(16)15(18)12-7-8-14(17)11-6-4-3-5-10(11)12/h3-8,13,15,18H,9H2,1-2H3. The van der Waals surface area contributed by atoms with E-state index in [9.17, 15) is 5.11 Å². The smallest absolute Gasteiger partial charge is 0.0829 e. The lowest BCUT2D eigenvalue weighted by atomic mass is 9.95. The van der Waals surface area contributed by atoms with E-state index in [1.54, 1.807) is 0 Å². The third kappa shape index (κ3) is 1.88. The van der Waals surface area contributed by atoms with E-state index >= 15 is 0 Å². The average Bonchev–Trinajstić information content (AvgIpc) is 2.99. The molecule has 0 aliphatic heterocycles. The van der Waals surface area contributed by atoms with Gasteiger partial charge in [0.2, 0.25) is 0 Å². The lowest BCUT2D eigenvalue weighted by Gasteiger charge is -2.16. The normalized spacial score (nSPS) is 23.0. The SMILES string of the molecule is CC1(C)CC1C(O)c1ccc(Br)c2ccccc12. The summed E-state index contributed by atoms with van der Waals surface area (Å²) in [5, 5.41) is 12.9. The summed E-state index contributed by atoms with van der Waals surface area (Å²) in [6.07, 6.45) is 0.761. The molecular formula is C16H17BrO. The second-order valence-corrected chi connectivity index (χ2v) is 6.78. The first-order valence-corrected chi connectivity index (χ1v) is 7.15. The van der Waals surface area contributed by atoms with Gasteiger partial charge >= 0.3 is 0 Å². The van der Waals surface area contributed by atoms with E-state index in [-0.39, 0.29) is 11.5 Å². The van der Waals surface area contributed by atoms with Crippen LogP contribution in [0.2, 0.25) is 0 Å². The fraction of sp³-hybridized carbons (Fsp3) is 0.375. The molecule has 94 valence electrons. The molecule has 1 N–H and O–H groups in total. The molecule has 2 heteroatoms. The van der Waals surface area contributed by atoms with E-state index in [1.807, 2.05) is 24.3 Å². The second-order valence-electron chi connectivity index (χ2n) is 5.93. The van der Waals surface area contributed by atoms with Gasteiger partial charge in [0.1, 0.15) is 0 Å². The van der Waals surface area contributed by atoms with Crippen molar-refractivity contribution < 1.29 is 5.11 Å². The molecule has 0 spiro atoms. The summed E-state index contributed by atoms with van der Waals surface area (Å²) in [4.78, 5) is 0. The first kappa shape index (κ1) is 12.2. The van der Waals surface area contributed by atoms with Gasteiger partial charge < -0.3 is 5.11 Å². The Labute approximate surface area is 116 Å². The monoisotopic (exact) mass is 304 g/mol. The summed E-state index contributed by atoms with van der Waals surface area (Å²) in [5.74, 6) is 0.391. The predicted octanol–water partition coefficient (Wildman–Crippen LogP) is 4.68. The molecule has 0 saturated heterocycles. The van der Waals surface area contributed by atoms with Crippen molar-refractivity contribution in [1.82, 2.24) is 0 Å². The summed E-state index contributed by atoms with van der Waals surface area (Å²) >= 11 is 3.57. The minimum absolute atomic E-state index is 0.285. The highest BCUT2D eigenvalue weighted by Crippen LogP contribution is 2.58. The molecule has 2 aromatic rings. The topological polar surface area (TPSA) is 20.2 Å². The summed E-state index contributed by atoms with van der Waals surface area (Å²) in [6.45, 7) is 4.45. The lowest BCUT2D eigenvalue weighted by Crippen LogP contribution is -2.05. The molecule has 0 amide bonds. The van der Waals surface area contributed by atoms with Crippen LogP contribution in [0.4, 0.5) is 0 Å². The maximum atomic E-state index is 10.6. The van der Waals surface area contributed by atoms with Crippen molar-refractivity contribution in [2.75, 3.05) is 0 Å². The van der Waals surface area contributed by atoms with Crippen LogP contribution in [0.3, 0.4) is 0 Å². The third-order valence-electron chi connectivity index (χ3n) is 4.19. The highest BCUT2D eigenvalue weighted by atomic mass is 79.9. The molecular weight excluding hydrogens is 288 g/mol. The van der Waals surface area contributed by atoms with E-state index in [0.717, 1.165) is 21.8 Å². The molecule has 1 aliphatic rings. The van der Waals surface area contributed by atoms with Crippen molar-refractivity contribution in [3.8, 4) is 0 Å². The Bertz CT molecular complexity index is 603. The first-order valence-electron chi connectivity index (χ1n) is 6.36. The van der Waals surface area contributed by atoms with Gasteiger partial charge in [0.05, 0.1) is 6.10 Å². The minimum atomic E-state index is -0.349. The zero-order valence-electron chi connectivity index (χ0n) is 10.7. The number of benzene rings is 2. The van der Waals surface area contributed by atoms with E-state index in [0.29, 0.717) is 5.92 Å². The fourth-order valence-corrected chi connectivity index (χ4v) is 3.29. The van der Waals surface area contributed by atoms with Gasteiger partial charge in [-0.3, -0.25) is 0 Å². The Morgan fingerprint density at radius 2 is 1.78 bits per heavy atom. The van der Waals surface area contributed by atoms with Gasteiger partial charge in [0, 0.05) is 4.47 Å². The molecule has 0 radical (unpaired) electrons. The maximum Gasteiger partial charge on any atom is 0.0829 e. The van der Waals surface area contributed by atoms with Gasteiger partial charge in [-0.1, -0.05) is 60.1 Å². The van der Waals surface area contributed by atoms with E-state index < -0.39 is 0 Å². The van der Waals surface area contributed by atoms with Crippen LogP contribution < -0.4 is 0 Å². The minimum Gasteiger partial charge on any atom is -0.388 e. The number of rotatable bonds is 2. The molecule has 0 bridgehead atoms. The van der Waals surface area contributed by atoms with Crippen LogP contribution in [-0.4, -0.2) is 5.11 Å². The molecule has 2 aromatic carbocycles. The predicted molar refractivity (Wildman–Crippen MR) is 78.5 cm³/mol. The van der Waals surface area contributed by atoms with Crippen molar-refractivity contribution in [3.05, 3.63) is 46.4 Å². The van der Waals surface area contributed by atoms with Crippen molar-refractivity contribution in [3.63, 3.8) is 0 Å². The van der Waals surface area contributed by atoms with Crippen LogP contribution in [0.15, 0.2) is 40.9 Å². The average molecular weight is 305 g/mol. The van der Waals surface area contributed by atoms with Gasteiger partial charge in [0.25, 0.3) is 0 Å². The molecule has 2 atom stereocenters. The third-order valence-corrected chi connectivity index (χ3v) is 4.89. The second kappa shape index (κ2) is 4.07. The highest BCUT2D eigenvalue weighted by molar-refractivity contribution is 9.10. The number of hydrogen-bond acceptors (Lipinski definition) is 1. The number of fused-ring (bicyclic) bond motifs is 1. The zero-order chi connectivity index (χ0) is 12.9. The number of aliphatic hydroxyl groups is 1.